The number of rotatable bonds is 14. The molecule has 1 aliphatic rings. The normalized spacial score (nSPS) is 16.4. The Kier molecular flexibility index (Phi) is 13.5. The maximum Gasteiger partial charge on any atom is -0.0414 e. The van der Waals surface area contributed by atoms with Crippen molar-refractivity contribution in [2.45, 2.75) is 122 Å². The van der Waals surface area contributed by atoms with Crippen molar-refractivity contribution in [1.29, 1.82) is 0 Å². The predicted octanol–water partition coefficient (Wildman–Crippen LogP) is 7.86. The molecular weight excluding hydrogens is 252 g/mol. The van der Waals surface area contributed by atoms with Crippen molar-refractivity contribution >= 4 is 0 Å². The topological polar surface area (TPSA) is 0 Å². The summed E-state index contributed by atoms with van der Waals surface area (Å²) in [5.41, 5.74) is 0. The minimum Gasteiger partial charge on any atom is -0.0533 e. The molecular formula is C21H41. The van der Waals surface area contributed by atoms with Gasteiger partial charge in [-0.05, 0) is 5.92 Å². The van der Waals surface area contributed by atoms with Crippen molar-refractivity contribution in [2.24, 2.45) is 5.92 Å². The molecule has 0 aromatic heterocycles. The van der Waals surface area contributed by atoms with Crippen LogP contribution in [-0.4, -0.2) is 0 Å². The molecule has 125 valence electrons. The maximum atomic E-state index is 3.90. The second kappa shape index (κ2) is 14.9. The zero-order valence-electron chi connectivity index (χ0n) is 14.7. The van der Waals surface area contributed by atoms with Gasteiger partial charge in [-0.2, -0.15) is 0 Å². The average Bonchev–Trinajstić information content (AvgIpc) is 2.53. The maximum absolute atomic E-state index is 3.90. The molecule has 0 aromatic carbocycles. The van der Waals surface area contributed by atoms with Crippen LogP contribution in [0.25, 0.3) is 0 Å². The summed E-state index contributed by atoms with van der Waals surface area (Å²) in [4.78, 5) is 0. The third-order valence-electron chi connectivity index (χ3n) is 5.34. The molecule has 1 fully saturated rings. The molecule has 0 atom stereocenters. The van der Waals surface area contributed by atoms with Crippen LogP contribution in [0, 0.1) is 12.8 Å². The lowest BCUT2D eigenvalue weighted by atomic mass is 9.85. The molecule has 0 nitrogen and oxygen atoms in total. The molecule has 0 heteroatoms. The first-order valence-corrected chi connectivity index (χ1v) is 10.2. The van der Waals surface area contributed by atoms with Gasteiger partial charge in [0.1, 0.15) is 0 Å². The molecule has 1 radical (unpaired) electrons. The van der Waals surface area contributed by atoms with Gasteiger partial charge >= 0.3 is 0 Å². The van der Waals surface area contributed by atoms with E-state index in [-0.39, 0.29) is 0 Å². The second-order valence-electron chi connectivity index (χ2n) is 7.39. The minimum absolute atomic E-state index is 1.10. The molecule has 0 saturated heterocycles. The predicted molar refractivity (Wildman–Crippen MR) is 96.6 cm³/mol. The van der Waals surface area contributed by atoms with Crippen LogP contribution in [0.3, 0.4) is 0 Å². The Labute approximate surface area is 135 Å². The van der Waals surface area contributed by atoms with E-state index in [9.17, 15) is 0 Å². The molecule has 0 unspecified atom stereocenters. The van der Waals surface area contributed by atoms with E-state index in [1.165, 1.54) is 116 Å². The fraction of sp³-hybridized carbons (Fsp3) is 0.952. The van der Waals surface area contributed by atoms with Gasteiger partial charge in [-0.1, -0.05) is 129 Å². The minimum atomic E-state index is 1.10. The van der Waals surface area contributed by atoms with E-state index >= 15 is 0 Å². The summed E-state index contributed by atoms with van der Waals surface area (Å²) in [6.07, 6.45) is 27.8. The van der Waals surface area contributed by atoms with Crippen LogP contribution in [-0.2, 0) is 0 Å². The third kappa shape index (κ3) is 12.2. The van der Waals surface area contributed by atoms with Crippen molar-refractivity contribution in [3.8, 4) is 0 Å². The zero-order valence-corrected chi connectivity index (χ0v) is 14.7. The van der Waals surface area contributed by atoms with Crippen LogP contribution in [0.1, 0.15) is 122 Å². The van der Waals surface area contributed by atoms with E-state index in [4.69, 9.17) is 0 Å². The highest BCUT2D eigenvalue weighted by molar-refractivity contribution is 4.65. The monoisotopic (exact) mass is 293 g/mol. The Balaban J connectivity index is 1.69. The largest absolute Gasteiger partial charge is 0.0533 e. The summed E-state index contributed by atoms with van der Waals surface area (Å²) in [6.45, 7) is 3.90. The molecule has 1 aliphatic carbocycles. The number of hydrogen-bond donors (Lipinski definition) is 0. The van der Waals surface area contributed by atoms with Gasteiger partial charge in [-0.3, -0.25) is 0 Å². The lowest BCUT2D eigenvalue weighted by Crippen LogP contribution is -2.05. The summed E-state index contributed by atoms with van der Waals surface area (Å²) < 4.78 is 0. The molecule has 0 aromatic rings. The fourth-order valence-electron chi connectivity index (χ4n) is 3.85. The smallest absolute Gasteiger partial charge is 0.0414 e. The Hall–Kier alpha value is 0. The van der Waals surface area contributed by atoms with Crippen LogP contribution in [0.2, 0.25) is 0 Å². The first-order chi connectivity index (χ1) is 10.4. The standard InChI is InChI=1S/C21H41/c1-2-3-4-5-6-7-8-9-10-11-12-13-15-18-21-19-16-14-17-20-21/h21H,1-20H2. The van der Waals surface area contributed by atoms with E-state index in [0.29, 0.717) is 0 Å². The van der Waals surface area contributed by atoms with E-state index in [1.807, 2.05) is 0 Å². The van der Waals surface area contributed by atoms with Crippen molar-refractivity contribution in [2.75, 3.05) is 0 Å². The Morgan fingerprint density at radius 2 is 0.952 bits per heavy atom. The highest BCUT2D eigenvalue weighted by Gasteiger charge is 2.12. The van der Waals surface area contributed by atoms with Crippen LogP contribution in [0.15, 0.2) is 0 Å². The van der Waals surface area contributed by atoms with Crippen molar-refractivity contribution in [3.63, 3.8) is 0 Å². The number of unbranched alkanes of at least 4 members (excludes halogenated alkanes) is 12. The van der Waals surface area contributed by atoms with Gasteiger partial charge in [0.2, 0.25) is 0 Å². The van der Waals surface area contributed by atoms with E-state index < -0.39 is 0 Å². The quantitative estimate of drug-likeness (QED) is 0.286. The summed E-state index contributed by atoms with van der Waals surface area (Å²) in [7, 11) is 0. The van der Waals surface area contributed by atoms with Gasteiger partial charge in [0.05, 0.1) is 0 Å². The lowest BCUT2D eigenvalue weighted by molar-refractivity contribution is 0.328. The van der Waals surface area contributed by atoms with Crippen LogP contribution in [0.4, 0.5) is 0 Å². The molecule has 0 aliphatic heterocycles. The van der Waals surface area contributed by atoms with Gasteiger partial charge in [0.15, 0.2) is 0 Å². The van der Waals surface area contributed by atoms with Gasteiger partial charge < -0.3 is 0 Å². The second-order valence-corrected chi connectivity index (χ2v) is 7.39. The van der Waals surface area contributed by atoms with E-state index in [1.54, 1.807) is 0 Å². The van der Waals surface area contributed by atoms with Crippen molar-refractivity contribution < 1.29 is 0 Å². The molecule has 1 saturated carbocycles. The third-order valence-corrected chi connectivity index (χ3v) is 5.34. The van der Waals surface area contributed by atoms with Gasteiger partial charge in [-0.25, -0.2) is 0 Å². The summed E-state index contributed by atoms with van der Waals surface area (Å²) in [5.74, 6) is 1.10. The first-order valence-electron chi connectivity index (χ1n) is 10.2. The fourth-order valence-corrected chi connectivity index (χ4v) is 3.85. The Morgan fingerprint density at radius 3 is 1.43 bits per heavy atom. The van der Waals surface area contributed by atoms with Crippen LogP contribution in [0.5, 0.6) is 0 Å². The summed E-state index contributed by atoms with van der Waals surface area (Å²) in [6, 6.07) is 0. The van der Waals surface area contributed by atoms with Gasteiger partial charge in [0.25, 0.3) is 0 Å². The molecule has 0 N–H and O–H groups in total. The lowest BCUT2D eigenvalue weighted by Gasteiger charge is -2.21. The average molecular weight is 294 g/mol. The first kappa shape index (κ1) is 19.0. The summed E-state index contributed by atoms with van der Waals surface area (Å²) in [5, 5.41) is 0. The Bertz CT molecular complexity index is 190. The Morgan fingerprint density at radius 1 is 0.524 bits per heavy atom. The SMILES string of the molecule is [CH2]CCCCCCCCCCCCCCC1CCCCC1. The van der Waals surface area contributed by atoms with Gasteiger partial charge in [-0.15, -0.1) is 0 Å². The van der Waals surface area contributed by atoms with Crippen LogP contribution >= 0.6 is 0 Å². The van der Waals surface area contributed by atoms with Crippen molar-refractivity contribution in [3.05, 3.63) is 6.92 Å². The molecule has 0 amide bonds. The highest BCUT2D eigenvalue weighted by Crippen LogP contribution is 2.28. The molecule has 0 spiro atoms. The summed E-state index contributed by atoms with van der Waals surface area (Å²) >= 11 is 0. The van der Waals surface area contributed by atoms with Crippen LogP contribution < -0.4 is 0 Å². The zero-order chi connectivity index (χ0) is 15.0. The molecule has 21 heavy (non-hydrogen) atoms. The molecule has 0 heterocycles. The van der Waals surface area contributed by atoms with Gasteiger partial charge in [0, 0.05) is 0 Å². The molecule has 1 rings (SSSR count). The number of hydrogen-bond acceptors (Lipinski definition) is 0. The van der Waals surface area contributed by atoms with E-state index in [0.717, 1.165) is 12.3 Å². The van der Waals surface area contributed by atoms with Crippen molar-refractivity contribution in [1.82, 2.24) is 0 Å². The highest BCUT2D eigenvalue weighted by atomic mass is 14.2. The van der Waals surface area contributed by atoms with E-state index in [2.05, 4.69) is 6.92 Å². The molecule has 0 bridgehead atoms.